The van der Waals surface area contributed by atoms with Crippen LogP contribution >= 0.6 is 12.4 Å². The lowest BCUT2D eigenvalue weighted by Crippen LogP contribution is -2.52. The number of nitrogens with zero attached hydrogens (tertiary/aromatic N) is 1. The Hall–Kier alpha value is -0.770. The first kappa shape index (κ1) is 20.3. The van der Waals surface area contributed by atoms with E-state index in [0.717, 1.165) is 37.1 Å². The van der Waals surface area contributed by atoms with Crippen LogP contribution in [0.3, 0.4) is 0 Å². The normalized spacial score (nSPS) is 19.7. The summed E-state index contributed by atoms with van der Waals surface area (Å²) in [7, 11) is 5.90. The van der Waals surface area contributed by atoms with E-state index in [0.29, 0.717) is 0 Å². The molecule has 0 saturated heterocycles. The molecule has 0 amide bonds. The first-order valence-electron chi connectivity index (χ1n) is 8.49. The number of hydrogen-bond acceptors (Lipinski definition) is 3. The van der Waals surface area contributed by atoms with E-state index in [-0.39, 0.29) is 17.8 Å². The maximum Gasteiger partial charge on any atom is 0.119 e. The SMILES string of the molecule is CCC(O)(c1cccc(OC)c1)C1(CN(C)C)CCCCC1.Cl. The largest absolute Gasteiger partial charge is 0.497 e. The molecule has 4 heteroatoms. The molecule has 0 aromatic heterocycles. The van der Waals surface area contributed by atoms with E-state index in [1.807, 2.05) is 18.2 Å². The van der Waals surface area contributed by atoms with Gasteiger partial charge in [0.1, 0.15) is 5.75 Å². The summed E-state index contributed by atoms with van der Waals surface area (Å²) in [4.78, 5) is 2.23. The fourth-order valence-corrected chi connectivity index (χ4v) is 4.30. The summed E-state index contributed by atoms with van der Waals surface area (Å²) in [6, 6.07) is 7.99. The van der Waals surface area contributed by atoms with Crippen molar-refractivity contribution >= 4 is 12.4 Å². The number of rotatable bonds is 6. The molecule has 0 radical (unpaired) electrons. The standard InChI is InChI=1S/C19H31NO2.ClH/c1-5-19(21,16-10-9-11-17(14-16)22-4)18(15-20(2)3)12-7-6-8-13-18;/h9-11,14,21H,5-8,12-13,15H2,1-4H3;1H. The van der Waals surface area contributed by atoms with E-state index >= 15 is 0 Å². The van der Waals surface area contributed by atoms with Crippen LogP contribution in [-0.4, -0.2) is 37.8 Å². The van der Waals surface area contributed by atoms with Crippen LogP contribution in [0, 0.1) is 5.41 Å². The fourth-order valence-electron chi connectivity index (χ4n) is 4.30. The molecule has 23 heavy (non-hydrogen) atoms. The average Bonchev–Trinajstić information content (AvgIpc) is 2.54. The summed E-state index contributed by atoms with van der Waals surface area (Å²) < 4.78 is 5.37. The maximum absolute atomic E-state index is 11.8. The monoisotopic (exact) mass is 341 g/mol. The van der Waals surface area contributed by atoms with E-state index in [2.05, 4.69) is 32.0 Å². The molecule has 132 valence electrons. The minimum atomic E-state index is -0.799. The van der Waals surface area contributed by atoms with E-state index in [4.69, 9.17) is 4.74 Å². The molecule has 1 aromatic rings. The Kier molecular flexibility index (Phi) is 7.37. The minimum absolute atomic E-state index is 0. The highest BCUT2D eigenvalue weighted by Gasteiger charge is 2.50. The zero-order valence-electron chi connectivity index (χ0n) is 15.0. The zero-order chi connectivity index (χ0) is 16.2. The van der Waals surface area contributed by atoms with E-state index < -0.39 is 5.60 Å². The summed E-state index contributed by atoms with van der Waals surface area (Å²) in [5.74, 6) is 0.820. The molecule has 1 unspecified atom stereocenters. The van der Waals surface area contributed by atoms with Crippen molar-refractivity contribution in [2.45, 2.75) is 51.0 Å². The van der Waals surface area contributed by atoms with Gasteiger partial charge in [0.05, 0.1) is 12.7 Å². The molecule has 1 atom stereocenters. The van der Waals surface area contributed by atoms with Crippen molar-refractivity contribution < 1.29 is 9.84 Å². The number of hydrogen-bond donors (Lipinski definition) is 1. The van der Waals surface area contributed by atoms with Gasteiger partial charge in [0.25, 0.3) is 0 Å². The lowest BCUT2D eigenvalue weighted by Gasteiger charge is -2.51. The number of halogens is 1. The molecule has 3 nitrogen and oxygen atoms in total. The third-order valence-corrected chi connectivity index (χ3v) is 5.37. The van der Waals surface area contributed by atoms with E-state index in [1.165, 1.54) is 19.3 Å². The Morgan fingerprint density at radius 3 is 2.39 bits per heavy atom. The van der Waals surface area contributed by atoms with Gasteiger partial charge in [-0.25, -0.2) is 0 Å². The first-order valence-corrected chi connectivity index (χ1v) is 8.49. The zero-order valence-corrected chi connectivity index (χ0v) is 15.8. The molecular formula is C19H32ClNO2. The highest BCUT2D eigenvalue weighted by molar-refractivity contribution is 5.85. The Labute approximate surface area is 147 Å². The van der Waals surface area contributed by atoms with Gasteiger partial charge in [0.2, 0.25) is 0 Å². The molecule has 1 N–H and O–H groups in total. The van der Waals surface area contributed by atoms with Crippen LogP contribution in [0.2, 0.25) is 0 Å². The minimum Gasteiger partial charge on any atom is -0.497 e. The van der Waals surface area contributed by atoms with E-state index in [1.54, 1.807) is 7.11 Å². The fraction of sp³-hybridized carbons (Fsp3) is 0.684. The summed E-state index contributed by atoms with van der Waals surface area (Å²) in [6.45, 7) is 3.03. The number of methoxy groups -OCH3 is 1. The maximum atomic E-state index is 11.8. The van der Waals surface area contributed by atoms with Gasteiger partial charge in [0, 0.05) is 12.0 Å². The second-order valence-corrected chi connectivity index (χ2v) is 7.02. The molecule has 1 fully saturated rings. The highest BCUT2D eigenvalue weighted by atomic mass is 35.5. The average molecular weight is 342 g/mol. The Bertz CT molecular complexity index is 486. The Morgan fingerprint density at radius 2 is 1.87 bits per heavy atom. The van der Waals surface area contributed by atoms with Gasteiger partial charge in [-0.15, -0.1) is 12.4 Å². The van der Waals surface area contributed by atoms with Crippen molar-refractivity contribution in [2.75, 3.05) is 27.7 Å². The van der Waals surface area contributed by atoms with Crippen LogP contribution < -0.4 is 4.74 Å². The van der Waals surface area contributed by atoms with Crippen LogP contribution in [0.5, 0.6) is 5.75 Å². The Morgan fingerprint density at radius 1 is 1.22 bits per heavy atom. The van der Waals surface area contributed by atoms with E-state index in [9.17, 15) is 5.11 Å². The molecule has 1 aliphatic carbocycles. The molecule has 0 heterocycles. The summed E-state index contributed by atoms with van der Waals surface area (Å²) >= 11 is 0. The quantitative estimate of drug-likeness (QED) is 0.840. The molecule has 0 spiro atoms. The van der Waals surface area contributed by atoms with Gasteiger partial charge in [-0.3, -0.25) is 0 Å². The summed E-state index contributed by atoms with van der Waals surface area (Å²) in [5, 5.41) is 11.8. The van der Waals surface area contributed by atoms with Gasteiger partial charge in [-0.05, 0) is 51.1 Å². The lowest BCUT2D eigenvalue weighted by molar-refractivity contribution is -0.123. The predicted octanol–water partition coefficient (Wildman–Crippen LogP) is 4.23. The van der Waals surface area contributed by atoms with Gasteiger partial charge in [0.15, 0.2) is 0 Å². The molecule has 2 rings (SSSR count). The van der Waals surface area contributed by atoms with Crippen LogP contribution in [0.4, 0.5) is 0 Å². The second-order valence-electron chi connectivity index (χ2n) is 7.02. The topological polar surface area (TPSA) is 32.7 Å². The van der Waals surface area contributed by atoms with Gasteiger partial charge in [-0.2, -0.15) is 0 Å². The molecule has 0 aliphatic heterocycles. The van der Waals surface area contributed by atoms with Crippen LogP contribution in [0.25, 0.3) is 0 Å². The smallest absolute Gasteiger partial charge is 0.119 e. The second kappa shape index (κ2) is 8.36. The summed E-state index contributed by atoms with van der Waals surface area (Å²) in [6.07, 6.45) is 6.61. The third kappa shape index (κ3) is 4.01. The number of benzene rings is 1. The van der Waals surface area contributed by atoms with Crippen molar-refractivity contribution in [3.63, 3.8) is 0 Å². The number of ether oxygens (including phenoxy) is 1. The predicted molar refractivity (Wildman–Crippen MR) is 98.5 cm³/mol. The van der Waals surface area contributed by atoms with Crippen molar-refractivity contribution in [1.29, 1.82) is 0 Å². The van der Waals surface area contributed by atoms with Crippen LogP contribution in [0.15, 0.2) is 24.3 Å². The van der Waals surface area contributed by atoms with Gasteiger partial charge in [-0.1, -0.05) is 38.3 Å². The molecule has 1 aliphatic rings. The van der Waals surface area contributed by atoms with Crippen molar-refractivity contribution in [3.8, 4) is 5.75 Å². The third-order valence-electron chi connectivity index (χ3n) is 5.37. The van der Waals surface area contributed by atoms with Crippen molar-refractivity contribution in [2.24, 2.45) is 5.41 Å². The summed E-state index contributed by atoms with van der Waals surface area (Å²) in [5.41, 5.74) is 0.125. The first-order chi connectivity index (χ1) is 10.5. The lowest BCUT2D eigenvalue weighted by atomic mass is 9.59. The molecule has 0 bridgehead atoms. The van der Waals surface area contributed by atoms with Gasteiger partial charge < -0.3 is 14.7 Å². The molecule has 1 aromatic carbocycles. The van der Waals surface area contributed by atoms with Crippen LogP contribution in [-0.2, 0) is 5.60 Å². The highest BCUT2D eigenvalue weighted by Crippen LogP contribution is 2.52. The number of aliphatic hydroxyl groups is 1. The molecule has 1 saturated carbocycles. The van der Waals surface area contributed by atoms with Gasteiger partial charge >= 0.3 is 0 Å². The Balaban J connectivity index is 0.00000264. The molecular weight excluding hydrogens is 310 g/mol. The van der Waals surface area contributed by atoms with Crippen molar-refractivity contribution in [3.05, 3.63) is 29.8 Å². The van der Waals surface area contributed by atoms with Crippen molar-refractivity contribution in [1.82, 2.24) is 4.90 Å². The van der Waals surface area contributed by atoms with Crippen LogP contribution in [0.1, 0.15) is 51.0 Å².